The van der Waals surface area contributed by atoms with E-state index in [-0.39, 0.29) is 17.5 Å². The average molecular weight is 492 g/mol. The first kappa shape index (κ1) is 20.9. The van der Waals surface area contributed by atoms with Gasteiger partial charge in [0.1, 0.15) is 16.2 Å². The summed E-state index contributed by atoms with van der Waals surface area (Å²) >= 11 is 3.04. The van der Waals surface area contributed by atoms with Crippen LogP contribution in [-0.2, 0) is 0 Å². The van der Waals surface area contributed by atoms with Crippen LogP contribution >= 0.6 is 22.7 Å². The molecule has 11 heteroatoms. The Kier molecular flexibility index (Phi) is 5.27. The first-order valence-corrected chi connectivity index (χ1v) is 12.4. The Hall–Kier alpha value is -3.70. The predicted octanol–water partition coefficient (Wildman–Crippen LogP) is 4.10. The molecule has 8 nitrogen and oxygen atoms in total. The number of benzene rings is 1. The van der Waals surface area contributed by atoms with Gasteiger partial charge < -0.3 is 9.80 Å². The number of amides is 1. The molecule has 0 saturated carbocycles. The molecule has 34 heavy (non-hydrogen) atoms. The Bertz CT molecular complexity index is 1440. The van der Waals surface area contributed by atoms with Gasteiger partial charge in [-0.3, -0.25) is 4.79 Å². The zero-order chi connectivity index (χ0) is 23.1. The van der Waals surface area contributed by atoms with Crippen molar-refractivity contribution in [1.82, 2.24) is 29.6 Å². The molecule has 1 aliphatic rings. The number of hydrogen-bond acceptors (Lipinski definition) is 8. The van der Waals surface area contributed by atoms with E-state index in [4.69, 9.17) is 0 Å². The zero-order valence-electron chi connectivity index (χ0n) is 17.8. The molecule has 0 spiro atoms. The topological polar surface area (TPSA) is 80.0 Å². The second kappa shape index (κ2) is 8.58. The summed E-state index contributed by atoms with van der Waals surface area (Å²) < 4.78 is 15.4. The molecule has 0 unspecified atom stereocenters. The molecule has 1 amide bonds. The Morgan fingerprint density at radius 3 is 2.65 bits per heavy atom. The van der Waals surface area contributed by atoms with Crippen LogP contribution in [0.15, 0.2) is 60.1 Å². The number of carbonyl (C=O) groups excluding carboxylic acids is 1. The van der Waals surface area contributed by atoms with Gasteiger partial charge in [-0.1, -0.05) is 23.5 Å². The van der Waals surface area contributed by atoms with Crippen LogP contribution in [0.4, 0.5) is 9.52 Å². The third-order valence-corrected chi connectivity index (χ3v) is 7.49. The van der Waals surface area contributed by atoms with Crippen molar-refractivity contribution in [3.8, 4) is 16.4 Å². The molecule has 0 bridgehead atoms. The number of hydrogen-bond donors (Lipinski definition) is 0. The molecule has 4 aromatic heterocycles. The van der Waals surface area contributed by atoms with Crippen molar-refractivity contribution in [3.05, 3.63) is 71.7 Å². The number of carbonyl (C=O) groups is 1. The van der Waals surface area contributed by atoms with Crippen molar-refractivity contribution in [2.24, 2.45) is 0 Å². The quantitative estimate of drug-likeness (QED) is 0.377. The first-order valence-electron chi connectivity index (χ1n) is 10.7. The Morgan fingerprint density at radius 2 is 1.88 bits per heavy atom. The number of thiazole rings is 1. The smallest absolute Gasteiger partial charge is 0.293 e. The zero-order valence-corrected chi connectivity index (χ0v) is 19.5. The van der Waals surface area contributed by atoms with Gasteiger partial charge in [-0.25, -0.2) is 24.0 Å². The highest BCUT2D eigenvalue weighted by molar-refractivity contribution is 7.21. The number of fused-ring (bicyclic) bond motifs is 1. The van der Waals surface area contributed by atoms with E-state index in [9.17, 15) is 9.18 Å². The second-order valence-electron chi connectivity index (χ2n) is 7.73. The average Bonchev–Trinajstić information content (AvgIpc) is 3.63. The molecule has 5 aromatic rings. The van der Waals surface area contributed by atoms with Crippen LogP contribution in [-0.4, -0.2) is 61.7 Å². The van der Waals surface area contributed by atoms with Crippen LogP contribution in [0.1, 0.15) is 10.6 Å². The van der Waals surface area contributed by atoms with Crippen molar-refractivity contribution >= 4 is 44.1 Å². The Morgan fingerprint density at radius 1 is 1.00 bits per heavy atom. The van der Waals surface area contributed by atoms with Gasteiger partial charge in [0.15, 0.2) is 11.0 Å². The van der Waals surface area contributed by atoms with Crippen molar-refractivity contribution in [2.75, 3.05) is 31.1 Å². The molecule has 1 saturated heterocycles. The van der Waals surface area contributed by atoms with E-state index in [0.717, 1.165) is 20.4 Å². The molecule has 0 N–H and O–H groups in total. The maximum Gasteiger partial charge on any atom is 0.293 e. The number of anilines is 1. The van der Waals surface area contributed by atoms with E-state index in [1.807, 2.05) is 29.6 Å². The van der Waals surface area contributed by atoms with Gasteiger partial charge >= 0.3 is 0 Å². The van der Waals surface area contributed by atoms with E-state index in [1.54, 1.807) is 34.6 Å². The molecule has 1 fully saturated rings. The molecular weight excluding hydrogens is 473 g/mol. The summed E-state index contributed by atoms with van der Waals surface area (Å²) in [5, 5.41) is 7.32. The molecule has 1 aliphatic heterocycles. The lowest BCUT2D eigenvalue weighted by Gasteiger charge is -2.33. The number of pyridine rings is 1. The number of piperazine rings is 1. The van der Waals surface area contributed by atoms with Gasteiger partial charge in [-0.2, -0.15) is 0 Å². The molecule has 0 atom stereocenters. The highest BCUT2D eigenvalue weighted by atomic mass is 32.1. The fourth-order valence-corrected chi connectivity index (χ4v) is 5.55. The Labute approximate surface area is 201 Å². The standard InChI is InChI=1S/C23H18FN7OS2/c24-15-4-1-5-16(14-15)31-20(18-7-3-13-33-18)27-19(28-31)22(32)29-9-11-30(12-10-29)23-26-17-6-2-8-25-21(17)34-23/h1-8,13-14H,9-12H2. The summed E-state index contributed by atoms with van der Waals surface area (Å²) in [6.07, 6.45) is 1.77. The lowest BCUT2D eigenvalue weighted by Crippen LogP contribution is -2.49. The van der Waals surface area contributed by atoms with Gasteiger partial charge in [0.05, 0.1) is 10.6 Å². The maximum absolute atomic E-state index is 13.9. The molecule has 6 rings (SSSR count). The van der Waals surface area contributed by atoms with Crippen molar-refractivity contribution in [2.45, 2.75) is 0 Å². The summed E-state index contributed by atoms with van der Waals surface area (Å²) in [5.74, 6) is 0.00705. The van der Waals surface area contributed by atoms with Gasteiger partial charge in [-0.15, -0.1) is 16.4 Å². The minimum absolute atomic E-state index is 0.102. The third-order valence-electron chi connectivity index (χ3n) is 5.59. The van der Waals surface area contributed by atoms with Crippen LogP contribution in [0.2, 0.25) is 0 Å². The number of thiophene rings is 1. The highest BCUT2D eigenvalue weighted by Crippen LogP contribution is 2.29. The van der Waals surface area contributed by atoms with E-state index in [1.165, 1.54) is 28.2 Å². The third kappa shape index (κ3) is 3.82. The molecule has 0 aliphatic carbocycles. The fourth-order valence-electron chi connectivity index (χ4n) is 3.89. The normalized spacial score (nSPS) is 14.1. The molecular formula is C23H18FN7OS2. The van der Waals surface area contributed by atoms with E-state index in [0.29, 0.717) is 37.7 Å². The fraction of sp³-hybridized carbons (Fsp3) is 0.174. The summed E-state index contributed by atoms with van der Waals surface area (Å²) in [7, 11) is 0. The van der Waals surface area contributed by atoms with Crippen LogP contribution in [0, 0.1) is 5.82 Å². The Balaban J connectivity index is 1.24. The van der Waals surface area contributed by atoms with Gasteiger partial charge in [0, 0.05) is 32.4 Å². The summed E-state index contributed by atoms with van der Waals surface area (Å²) in [4.78, 5) is 32.6. The van der Waals surface area contributed by atoms with Gasteiger partial charge in [0.2, 0.25) is 5.82 Å². The summed E-state index contributed by atoms with van der Waals surface area (Å²) in [6, 6.07) is 13.8. The number of nitrogens with zero attached hydrogens (tertiary/aromatic N) is 7. The minimum Gasteiger partial charge on any atom is -0.344 e. The van der Waals surface area contributed by atoms with E-state index in [2.05, 4.69) is 25.0 Å². The highest BCUT2D eigenvalue weighted by Gasteiger charge is 2.28. The largest absolute Gasteiger partial charge is 0.344 e. The maximum atomic E-state index is 13.9. The summed E-state index contributed by atoms with van der Waals surface area (Å²) in [5.41, 5.74) is 1.40. The van der Waals surface area contributed by atoms with Crippen molar-refractivity contribution in [1.29, 1.82) is 0 Å². The van der Waals surface area contributed by atoms with E-state index < -0.39 is 0 Å². The van der Waals surface area contributed by atoms with Crippen LogP contribution in [0.3, 0.4) is 0 Å². The first-order chi connectivity index (χ1) is 16.7. The van der Waals surface area contributed by atoms with E-state index >= 15 is 0 Å². The number of rotatable bonds is 4. The van der Waals surface area contributed by atoms with Crippen molar-refractivity contribution in [3.63, 3.8) is 0 Å². The van der Waals surface area contributed by atoms with Crippen LogP contribution in [0.25, 0.3) is 26.7 Å². The predicted molar refractivity (Wildman–Crippen MR) is 130 cm³/mol. The lowest BCUT2D eigenvalue weighted by molar-refractivity contribution is 0.0734. The number of halogens is 1. The lowest BCUT2D eigenvalue weighted by atomic mass is 10.3. The van der Waals surface area contributed by atoms with Gasteiger partial charge in [0.25, 0.3) is 5.91 Å². The molecule has 5 heterocycles. The van der Waals surface area contributed by atoms with Crippen LogP contribution < -0.4 is 4.90 Å². The minimum atomic E-state index is -0.376. The summed E-state index contributed by atoms with van der Waals surface area (Å²) in [6.45, 7) is 2.39. The van der Waals surface area contributed by atoms with Gasteiger partial charge in [-0.05, 0) is 41.8 Å². The van der Waals surface area contributed by atoms with Crippen molar-refractivity contribution < 1.29 is 9.18 Å². The molecule has 170 valence electrons. The SMILES string of the molecule is O=C(c1nc(-c2cccs2)n(-c2cccc(F)c2)n1)N1CCN(c2nc3cccnc3s2)CC1. The molecule has 0 radical (unpaired) electrons. The monoisotopic (exact) mass is 491 g/mol. The number of aromatic nitrogens is 5. The van der Waals surface area contributed by atoms with Crippen LogP contribution in [0.5, 0.6) is 0 Å². The molecule has 1 aromatic carbocycles. The second-order valence-corrected chi connectivity index (χ2v) is 9.64.